The van der Waals surface area contributed by atoms with Crippen LogP contribution in [0.2, 0.25) is 5.02 Å². The molecular weight excluding hydrogens is 284 g/mol. The van der Waals surface area contributed by atoms with E-state index < -0.39 is 10.0 Å². The number of halogens is 1. The first-order valence-electron chi connectivity index (χ1n) is 6.50. The standard InChI is InChI=1S/C13H21ClN2O2S/c1-3-5-11-6-7-12(14)13(10-11)19(17,18)16-9-8-15-4-2/h6-7,10,15-16H,3-5,8-9H2,1-2H3. The molecule has 0 atom stereocenters. The van der Waals surface area contributed by atoms with E-state index in [-0.39, 0.29) is 9.92 Å². The molecule has 108 valence electrons. The van der Waals surface area contributed by atoms with Gasteiger partial charge >= 0.3 is 0 Å². The first kappa shape index (κ1) is 16.4. The van der Waals surface area contributed by atoms with Crippen LogP contribution in [0.5, 0.6) is 0 Å². The van der Waals surface area contributed by atoms with Crippen molar-refractivity contribution in [3.8, 4) is 0 Å². The molecule has 1 rings (SSSR count). The molecule has 0 saturated carbocycles. The second-order valence-corrected chi connectivity index (χ2v) is 6.41. The molecule has 0 aliphatic rings. The summed E-state index contributed by atoms with van der Waals surface area (Å²) in [5.41, 5.74) is 0.985. The summed E-state index contributed by atoms with van der Waals surface area (Å²) in [6.45, 7) is 5.79. The SMILES string of the molecule is CCCc1ccc(Cl)c(S(=O)(=O)NCCNCC)c1. The zero-order valence-electron chi connectivity index (χ0n) is 11.4. The van der Waals surface area contributed by atoms with Crippen LogP contribution in [-0.2, 0) is 16.4 Å². The van der Waals surface area contributed by atoms with E-state index in [9.17, 15) is 8.42 Å². The molecule has 0 bridgehead atoms. The van der Waals surface area contributed by atoms with Gasteiger partial charge in [0.05, 0.1) is 5.02 Å². The third-order valence-corrected chi connectivity index (χ3v) is 4.61. The maximum Gasteiger partial charge on any atom is 0.242 e. The number of rotatable bonds is 8. The number of nitrogens with one attached hydrogen (secondary N) is 2. The number of likely N-dealkylation sites (N-methyl/N-ethyl adjacent to an activating group) is 1. The van der Waals surface area contributed by atoms with Crippen LogP contribution in [0.15, 0.2) is 23.1 Å². The molecule has 1 aromatic rings. The number of hydrogen-bond donors (Lipinski definition) is 2. The summed E-state index contributed by atoms with van der Waals surface area (Å²) in [6, 6.07) is 5.16. The van der Waals surface area contributed by atoms with Crippen LogP contribution in [0.25, 0.3) is 0 Å². The summed E-state index contributed by atoms with van der Waals surface area (Å²) in [5.74, 6) is 0. The predicted octanol–water partition coefficient (Wildman–Crippen LogP) is 2.18. The summed E-state index contributed by atoms with van der Waals surface area (Å²) in [7, 11) is -3.53. The first-order chi connectivity index (χ1) is 9.01. The largest absolute Gasteiger partial charge is 0.316 e. The van der Waals surface area contributed by atoms with Gasteiger partial charge in [0, 0.05) is 13.1 Å². The fraction of sp³-hybridized carbons (Fsp3) is 0.538. The predicted molar refractivity (Wildman–Crippen MR) is 79.2 cm³/mol. The maximum atomic E-state index is 12.1. The van der Waals surface area contributed by atoms with Gasteiger partial charge < -0.3 is 5.32 Å². The molecular formula is C13H21ClN2O2S. The van der Waals surface area contributed by atoms with Gasteiger partial charge in [0.1, 0.15) is 4.90 Å². The number of aryl methyl sites for hydroxylation is 1. The van der Waals surface area contributed by atoms with Crippen molar-refractivity contribution in [1.29, 1.82) is 0 Å². The fourth-order valence-corrected chi connectivity index (χ4v) is 3.31. The van der Waals surface area contributed by atoms with Crippen LogP contribution in [-0.4, -0.2) is 28.1 Å². The van der Waals surface area contributed by atoms with Gasteiger partial charge in [-0.1, -0.05) is 37.9 Å². The smallest absolute Gasteiger partial charge is 0.242 e. The Morgan fingerprint density at radius 3 is 2.58 bits per heavy atom. The zero-order valence-corrected chi connectivity index (χ0v) is 12.9. The topological polar surface area (TPSA) is 58.2 Å². The third kappa shape index (κ3) is 5.10. The molecule has 0 heterocycles. The monoisotopic (exact) mass is 304 g/mol. The Morgan fingerprint density at radius 1 is 1.21 bits per heavy atom. The van der Waals surface area contributed by atoms with E-state index in [0.717, 1.165) is 24.9 Å². The van der Waals surface area contributed by atoms with E-state index in [1.54, 1.807) is 12.1 Å². The molecule has 6 heteroatoms. The van der Waals surface area contributed by atoms with E-state index in [1.807, 2.05) is 13.0 Å². The van der Waals surface area contributed by atoms with Crippen LogP contribution < -0.4 is 10.0 Å². The molecule has 0 fully saturated rings. The highest BCUT2D eigenvalue weighted by molar-refractivity contribution is 7.89. The minimum Gasteiger partial charge on any atom is -0.316 e. The quantitative estimate of drug-likeness (QED) is 0.724. The van der Waals surface area contributed by atoms with Crippen molar-refractivity contribution < 1.29 is 8.42 Å². The van der Waals surface area contributed by atoms with Crippen LogP contribution in [0.1, 0.15) is 25.8 Å². The molecule has 0 unspecified atom stereocenters. The van der Waals surface area contributed by atoms with Gasteiger partial charge in [-0.3, -0.25) is 0 Å². The Kier molecular flexibility index (Phi) is 6.79. The zero-order chi connectivity index (χ0) is 14.3. The van der Waals surface area contributed by atoms with E-state index >= 15 is 0 Å². The van der Waals surface area contributed by atoms with E-state index in [1.165, 1.54) is 0 Å². The van der Waals surface area contributed by atoms with Crippen molar-refractivity contribution in [3.05, 3.63) is 28.8 Å². The van der Waals surface area contributed by atoms with Crippen molar-refractivity contribution in [2.24, 2.45) is 0 Å². The molecule has 19 heavy (non-hydrogen) atoms. The lowest BCUT2D eigenvalue weighted by Gasteiger charge is -2.10. The number of sulfonamides is 1. The van der Waals surface area contributed by atoms with E-state index in [4.69, 9.17) is 11.6 Å². The summed E-state index contributed by atoms with van der Waals surface area (Å²) in [5, 5.41) is 3.32. The highest BCUT2D eigenvalue weighted by Crippen LogP contribution is 2.23. The lowest BCUT2D eigenvalue weighted by molar-refractivity contribution is 0.577. The Morgan fingerprint density at radius 2 is 1.95 bits per heavy atom. The van der Waals surface area contributed by atoms with Crippen LogP contribution in [0.4, 0.5) is 0 Å². The Balaban J connectivity index is 2.84. The summed E-state index contributed by atoms with van der Waals surface area (Å²) >= 11 is 5.99. The van der Waals surface area contributed by atoms with Crippen molar-refractivity contribution >= 4 is 21.6 Å². The number of benzene rings is 1. The van der Waals surface area contributed by atoms with Gasteiger partial charge in [0.25, 0.3) is 0 Å². The van der Waals surface area contributed by atoms with Gasteiger partial charge in [-0.05, 0) is 30.7 Å². The van der Waals surface area contributed by atoms with Crippen molar-refractivity contribution in [2.45, 2.75) is 31.6 Å². The molecule has 0 saturated heterocycles. The van der Waals surface area contributed by atoms with Crippen LogP contribution in [0, 0.1) is 0 Å². The minimum atomic E-state index is -3.53. The van der Waals surface area contributed by atoms with Crippen molar-refractivity contribution in [3.63, 3.8) is 0 Å². The molecule has 1 aromatic carbocycles. The molecule has 2 N–H and O–H groups in total. The highest BCUT2D eigenvalue weighted by atomic mass is 35.5. The lowest BCUT2D eigenvalue weighted by atomic mass is 10.1. The van der Waals surface area contributed by atoms with Crippen LogP contribution >= 0.6 is 11.6 Å². The molecule has 0 aromatic heterocycles. The van der Waals surface area contributed by atoms with Crippen molar-refractivity contribution in [2.75, 3.05) is 19.6 Å². The Labute approximate surface area is 120 Å². The normalized spacial score (nSPS) is 11.7. The van der Waals surface area contributed by atoms with Gasteiger partial charge in [-0.2, -0.15) is 0 Å². The van der Waals surface area contributed by atoms with E-state index in [0.29, 0.717) is 13.1 Å². The molecule has 4 nitrogen and oxygen atoms in total. The second kappa shape index (κ2) is 7.85. The maximum absolute atomic E-state index is 12.1. The van der Waals surface area contributed by atoms with Gasteiger partial charge in [0.2, 0.25) is 10.0 Å². The molecule has 0 amide bonds. The molecule has 0 spiro atoms. The second-order valence-electron chi connectivity index (χ2n) is 4.27. The van der Waals surface area contributed by atoms with Crippen molar-refractivity contribution in [1.82, 2.24) is 10.0 Å². The summed E-state index contributed by atoms with van der Waals surface area (Å²) in [6.07, 6.45) is 1.81. The molecule has 0 aliphatic carbocycles. The number of hydrogen-bond acceptors (Lipinski definition) is 3. The van der Waals surface area contributed by atoms with Gasteiger partial charge in [-0.15, -0.1) is 0 Å². The fourth-order valence-electron chi connectivity index (χ4n) is 1.73. The van der Waals surface area contributed by atoms with Gasteiger partial charge in [-0.25, -0.2) is 13.1 Å². The lowest BCUT2D eigenvalue weighted by Crippen LogP contribution is -2.32. The minimum absolute atomic E-state index is 0.164. The first-order valence-corrected chi connectivity index (χ1v) is 8.36. The Bertz CT molecular complexity index is 503. The highest BCUT2D eigenvalue weighted by Gasteiger charge is 2.17. The summed E-state index contributed by atoms with van der Waals surface area (Å²) in [4.78, 5) is 0.164. The molecule has 0 aliphatic heterocycles. The average Bonchev–Trinajstić information content (AvgIpc) is 2.37. The summed E-state index contributed by atoms with van der Waals surface area (Å²) < 4.78 is 26.8. The van der Waals surface area contributed by atoms with E-state index in [2.05, 4.69) is 17.0 Å². The Hall–Kier alpha value is -0.620. The van der Waals surface area contributed by atoms with Crippen LogP contribution in [0.3, 0.4) is 0 Å². The molecule has 0 radical (unpaired) electrons. The third-order valence-electron chi connectivity index (χ3n) is 2.67. The van der Waals surface area contributed by atoms with Gasteiger partial charge in [0.15, 0.2) is 0 Å². The average molecular weight is 305 g/mol.